The molecule has 1 atom stereocenters. The summed E-state index contributed by atoms with van der Waals surface area (Å²) in [5.41, 5.74) is 6.84. The van der Waals surface area contributed by atoms with Crippen molar-refractivity contribution in [1.82, 2.24) is 14.5 Å². The Bertz CT molecular complexity index is 1530. The number of rotatable bonds is 7. The van der Waals surface area contributed by atoms with Crippen LogP contribution < -0.4 is 30.2 Å². The Labute approximate surface area is 211 Å². The summed E-state index contributed by atoms with van der Waals surface area (Å²) in [6.45, 7) is 1.71. The molecule has 1 amide bonds. The van der Waals surface area contributed by atoms with E-state index in [1.54, 1.807) is 22.8 Å². The molecule has 1 aromatic carbocycles. The minimum absolute atomic E-state index is 0.0185. The number of aromatic nitrogens is 2. The Kier molecular flexibility index (Phi) is 5.52. The first kappa shape index (κ1) is 23.3. The number of amides is 1. The van der Waals surface area contributed by atoms with Gasteiger partial charge in [-0.25, -0.2) is 4.98 Å². The summed E-state index contributed by atoms with van der Waals surface area (Å²) >= 11 is 0. The summed E-state index contributed by atoms with van der Waals surface area (Å²) in [4.78, 5) is 46.1. The number of benzene rings is 1. The number of hydrogen-bond donors (Lipinski definition) is 1. The molecular formula is C26H26N4O7. The van der Waals surface area contributed by atoms with Crippen LogP contribution >= 0.6 is 0 Å². The van der Waals surface area contributed by atoms with Crippen molar-refractivity contribution in [3.05, 3.63) is 39.7 Å². The predicted molar refractivity (Wildman–Crippen MR) is 133 cm³/mol. The lowest BCUT2D eigenvalue weighted by Gasteiger charge is -2.22. The molecule has 0 radical (unpaired) electrons. The molecule has 0 spiro atoms. The number of fused-ring (bicyclic) bond motifs is 6. The fourth-order valence-corrected chi connectivity index (χ4v) is 5.63. The van der Waals surface area contributed by atoms with Gasteiger partial charge < -0.3 is 29.2 Å². The molecule has 0 bridgehead atoms. The first-order valence-corrected chi connectivity index (χ1v) is 12.1. The van der Waals surface area contributed by atoms with Crippen LogP contribution in [-0.2, 0) is 11.3 Å². The average molecular weight is 507 g/mol. The van der Waals surface area contributed by atoms with Crippen molar-refractivity contribution in [3.63, 3.8) is 0 Å². The van der Waals surface area contributed by atoms with E-state index in [1.807, 2.05) is 0 Å². The topological polar surface area (TPSA) is 135 Å². The molecule has 0 unspecified atom stereocenters. The van der Waals surface area contributed by atoms with Crippen molar-refractivity contribution in [3.8, 4) is 34.5 Å². The van der Waals surface area contributed by atoms with Crippen LogP contribution in [0.3, 0.4) is 0 Å². The van der Waals surface area contributed by atoms with Crippen LogP contribution in [0, 0.1) is 0 Å². The van der Waals surface area contributed by atoms with Crippen LogP contribution in [-0.4, -0.2) is 66.3 Å². The van der Waals surface area contributed by atoms with Crippen LogP contribution in [0.1, 0.15) is 35.2 Å². The molecule has 1 fully saturated rings. The molecule has 11 nitrogen and oxygen atoms in total. The van der Waals surface area contributed by atoms with Gasteiger partial charge in [0.25, 0.3) is 11.4 Å². The van der Waals surface area contributed by atoms with E-state index >= 15 is 0 Å². The molecule has 37 heavy (non-hydrogen) atoms. The lowest BCUT2D eigenvalue weighted by atomic mass is 10.0. The van der Waals surface area contributed by atoms with Gasteiger partial charge in [-0.15, -0.1) is 0 Å². The third-order valence-corrected chi connectivity index (χ3v) is 7.36. The number of likely N-dealkylation sites (tertiary alicyclic amines) is 1. The molecule has 11 heteroatoms. The summed E-state index contributed by atoms with van der Waals surface area (Å²) in [6, 6.07) is 4.59. The van der Waals surface area contributed by atoms with Gasteiger partial charge in [-0.2, -0.15) is 0 Å². The molecule has 1 saturated heterocycles. The number of hydrogen-bond acceptors (Lipinski definition) is 9. The average Bonchev–Trinajstić information content (AvgIpc) is 3.62. The predicted octanol–water partition coefficient (Wildman–Crippen LogP) is 1.69. The molecule has 2 aliphatic heterocycles. The van der Waals surface area contributed by atoms with Gasteiger partial charge in [0.2, 0.25) is 12.7 Å². The van der Waals surface area contributed by atoms with Crippen molar-refractivity contribution in [2.45, 2.75) is 31.8 Å². The third kappa shape index (κ3) is 3.52. The highest BCUT2D eigenvalue weighted by Gasteiger charge is 2.37. The fraction of sp³-hybridized carbons (Fsp3) is 0.385. The van der Waals surface area contributed by atoms with Crippen LogP contribution in [0.25, 0.3) is 22.2 Å². The maximum absolute atomic E-state index is 13.9. The molecule has 4 heterocycles. The Hall–Kier alpha value is -4.12. The number of methoxy groups -OCH3 is 2. The largest absolute Gasteiger partial charge is 0.493 e. The van der Waals surface area contributed by atoms with Gasteiger partial charge in [0.05, 0.1) is 42.5 Å². The lowest BCUT2D eigenvalue weighted by molar-refractivity contribution is -0.122. The number of ether oxygens (including phenoxy) is 4. The second-order valence-electron chi connectivity index (χ2n) is 9.31. The maximum Gasteiger partial charge on any atom is 0.260 e. The summed E-state index contributed by atoms with van der Waals surface area (Å²) in [7, 11) is 2.99. The second kappa shape index (κ2) is 8.77. The lowest BCUT2D eigenvalue weighted by Crippen LogP contribution is -2.41. The monoisotopic (exact) mass is 506 g/mol. The van der Waals surface area contributed by atoms with Crippen LogP contribution in [0.5, 0.6) is 23.1 Å². The van der Waals surface area contributed by atoms with Crippen molar-refractivity contribution >= 4 is 22.5 Å². The highest BCUT2D eigenvalue weighted by Crippen LogP contribution is 2.45. The fourth-order valence-electron chi connectivity index (χ4n) is 5.63. The molecule has 3 aliphatic rings. The molecule has 6 rings (SSSR count). The van der Waals surface area contributed by atoms with Gasteiger partial charge in [-0.3, -0.25) is 19.3 Å². The number of carbonyl (C=O) groups is 2. The van der Waals surface area contributed by atoms with E-state index in [4.69, 9.17) is 24.7 Å². The Morgan fingerprint density at radius 2 is 1.86 bits per heavy atom. The van der Waals surface area contributed by atoms with E-state index in [0.717, 1.165) is 19.4 Å². The number of pyridine rings is 2. The van der Waals surface area contributed by atoms with E-state index in [-0.39, 0.29) is 36.0 Å². The maximum atomic E-state index is 13.9. The first-order valence-electron chi connectivity index (χ1n) is 12.1. The van der Waals surface area contributed by atoms with Gasteiger partial charge in [0.1, 0.15) is 5.69 Å². The molecule has 0 saturated carbocycles. The summed E-state index contributed by atoms with van der Waals surface area (Å²) in [5, 5.41) is 0.806. The van der Waals surface area contributed by atoms with E-state index in [9.17, 15) is 14.4 Å². The van der Waals surface area contributed by atoms with Crippen LogP contribution in [0.4, 0.5) is 0 Å². The SMILES string of the molecule is COc1cc2c3c(n(CCCN4CCC[C@H]4C(N)=O)c(=O)c2cc1OC)-c1nc2c(cc1C3=O)OCO2. The van der Waals surface area contributed by atoms with E-state index in [2.05, 4.69) is 9.88 Å². The quantitative estimate of drug-likeness (QED) is 0.397. The van der Waals surface area contributed by atoms with Crippen LogP contribution in [0.2, 0.25) is 0 Å². The van der Waals surface area contributed by atoms with Crippen molar-refractivity contribution in [2.24, 2.45) is 5.73 Å². The van der Waals surface area contributed by atoms with E-state index in [1.165, 1.54) is 14.2 Å². The summed E-state index contributed by atoms with van der Waals surface area (Å²) in [6.07, 6.45) is 2.21. The molecule has 192 valence electrons. The highest BCUT2D eigenvalue weighted by atomic mass is 16.7. The number of ketones is 1. The molecule has 1 aliphatic carbocycles. The Morgan fingerprint density at radius 3 is 2.59 bits per heavy atom. The zero-order chi connectivity index (χ0) is 25.8. The zero-order valence-corrected chi connectivity index (χ0v) is 20.5. The minimum Gasteiger partial charge on any atom is -0.493 e. The smallest absolute Gasteiger partial charge is 0.260 e. The van der Waals surface area contributed by atoms with Crippen molar-refractivity contribution in [1.29, 1.82) is 0 Å². The molecule has 3 aromatic rings. The van der Waals surface area contributed by atoms with Gasteiger partial charge in [0, 0.05) is 18.5 Å². The normalized spacial score (nSPS) is 17.8. The number of nitrogens with zero attached hydrogens (tertiary/aromatic N) is 3. The highest BCUT2D eigenvalue weighted by molar-refractivity contribution is 6.26. The number of primary amides is 1. The minimum atomic E-state index is -0.331. The summed E-state index contributed by atoms with van der Waals surface area (Å²) < 4.78 is 23.4. The number of nitrogens with two attached hydrogens (primary N) is 1. The summed E-state index contributed by atoms with van der Waals surface area (Å²) in [5.74, 6) is 0.891. The molecule has 2 aromatic heterocycles. The third-order valence-electron chi connectivity index (χ3n) is 7.36. The second-order valence-corrected chi connectivity index (χ2v) is 9.31. The van der Waals surface area contributed by atoms with E-state index < -0.39 is 0 Å². The standard InChI is InChI=1S/C26H26N4O7/c1-34-17-9-13-14(10-18(17)35-2)26(33)30(8-4-7-29-6-3-5-16(29)24(27)32)22-20(13)23(31)15-11-19-25(28-21(15)22)37-12-36-19/h9-11,16H,3-8,12H2,1-2H3,(H2,27,32)/t16-/m0/s1. The van der Waals surface area contributed by atoms with E-state index in [0.29, 0.717) is 70.0 Å². The van der Waals surface area contributed by atoms with Crippen LogP contribution in [0.15, 0.2) is 23.0 Å². The first-order chi connectivity index (χ1) is 17.9. The van der Waals surface area contributed by atoms with Gasteiger partial charge >= 0.3 is 0 Å². The van der Waals surface area contributed by atoms with Gasteiger partial charge in [-0.1, -0.05) is 0 Å². The Balaban J connectivity index is 1.50. The molecular weight excluding hydrogens is 480 g/mol. The van der Waals surface area contributed by atoms with Crippen molar-refractivity contribution < 1.29 is 28.5 Å². The van der Waals surface area contributed by atoms with Crippen molar-refractivity contribution in [2.75, 3.05) is 34.1 Å². The zero-order valence-electron chi connectivity index (χ0n) is 20.5. The van der Waals surface area contributed by atoms with Gasteiger partial charge in [-0.05, 0) is 44.0 Å². The number of carbonyl (C=O) groups excluding carboxylic acids is 2. The van der Waals surface area contributed by atoms with Gasteiger partial charge in [0.15, 0.2) is 23.0 Å². The molecule has 2 N–H and O–H groups in total. The Morgan fingerprint density at radius 1 is 1.11 bits per heavy atom.